The minimum atomic E-state index is -0.436. The summed E-state index contributed by atoms with van der Waals surface area (Å²) in [5.41, 5.74) is 1.13. The molecule has 5 nitrogen and oxygen atoms in total. The van der Waals surface area contributed by atoms with Gasteiger partial charge in [0.2, 0.25) is 5.76 Å². The summed E-state index contributed by atoms with van der Waals surface area (Å²) >= 11 is 11.8. The molecule has 1 aliphatic carbocycles. The minimum Gasteiger partial charge on any atom is -0.351 e. The highest BCUT2D eigenvalue weighted by Crippen LogP contribution is 2.39. The number of halogens is 2. The van der Waals surface area contributed by atoms with Gasteiger partial charge in [-0.15, -0.1) is 0 Å². The van der Waals surface area contributed by atoms with Gasteiger partial charge in [0.15, 0.2) is 0 Å². The number of nitrogens with one attached hydrogen (secondary N) is 1. The van der Waals surface area contributed by atoms with Crippen LogP contribution in [0.5, 0.6) is 0 Å². The molecule has 0 radical (unpaired) electrons. The van der Waals surface area contributed by atoms with E-state index in [4.69, 9.17) is 27.7 Å². The number of aromatic nitrogens is 2. The van der Waals surface area contributed by atoms with E-state index in [0.717, 1.165) is 18.5 Å². The predicted molar refractivity (Wildman–Crippen MR) is 70.7 cm³/mol. The number of hydrogen-bond donors (Lipinski definition) is 1. The fourth-order valence-corrected chi connectivity index (χ4v) is 2.13. The fraction of sp³-hybridized carbons (Fsp3) is 0.250. The molecule has 0 aliphatic heterocycles. The molecule has 1 amide bonds. The van der Waals surface area contributed by atoms with Crippen LogP contribution in [0.3, 0.4) is 0 Å². The lowest BCUT2D eigenvalue weighted by Crippen LogP contribution is -2.11. The Labute approximate surface area is 118 Å². The molecule has 0 atom stereocenters. The van der Waals surface area contributed by atoms with Crippen molar-refractivity contribution in [1.82, 2.24) is 10.1 Å². The van der Waals surface area contributed by atoms with Crippen molar-refractivity contribution in [3.05, 3.63) is 40.0 Å². The van der Waals surface area contributed by atoms with Crippen LogP contribution in [0.1, 0.15) is 35.0 Å². The Morgan fingerprint density at radius 2 is 2.00 bits per heavy atom. The first-order valence-corrected chi connectivity index (χ1v) is 6.47. The van der Waals surface area contributed by atoms with E-state index in [-0.39, 0.29) is 15.8 Å². The monoisotopic (exact) mass is 297 g/mol. The van der Waals surface area contributed by atoms with Crippen LogP contribution < -0.4 is 5.32 Å². The summed E-state index contributed by atoms with van der Waals surface area (Å²) in [6.07, 6.45) is 4.99. The first-order chi connectivity index (χ1) is 9.15. The molecule has 7 heteroatoms. The number of anilines is 1. The third-order valence-corrected chi connectivity index (χ3v) is 3.41. The van der Waals surface area contributed by atoms with E-state index in [1.807, 2.05) is 0 Å². The highest BCUT2D eigenvalue weighted by Gasteiger charge is 2.28. The van der Waals surface area contributed by atoms with Gasteiger partial charge in [0, 0.05) is 24.4 Å². The zero-order valence-electron chi connectivity index (χ0n) is 9.69. The molecule has 1 N–H and O–H groups in total. The highest BCUT2D eigenvalue weighted by atomic mass is 35.5. The van der Waals surface area contributed by atoms with Gasteiger partial charge in [-0.3, -0.25) is 9.78 Å². The van der Waals surface area contributed by atoms with Gasteiger partial charge >= 0.3 is 0 Å². The molecule has 1 fully saturated rings. The number of carbonyl (C=O) groups is 1. The molecule has 0 unspecified atom stereocenters. The Kier molecular flexibility index (Phi) is 3.16. The Morgan fingerprint density at radius 3 is 2.63 bits per heavy atom. The third-order valence-electron chi connectivity index (χ3n) is 2.84. The predicted octanol–water partition coefficient (Wildman–Crippen LogP) is 3.51. The zero-order valence-corrected chi connectivity index (χ0v) is 11.2. The van der Waals surface area contributed by atoms with Gasteiger partial charge in [-0.1, -0.05) is 28.4 Å². The summed E-state index contributed by atoms with van der Waals surface area (Å²) in [5, 5.41) is 7.00. The topological polar surface area (TPSA) is 68.0 Å². The molecule has 0 spiro atoms. The highest BCUT2D eigenvalue weighted by molar-refractivity contribution is 6.39. The standard InChI is InChI=1S/C12H9Cl2N3O2/c13-7-4-15-5-8(14)11(7)16-12(18)10-3-9(17-19-10)6-1-2-6/h3-6H,1-2H2,(H,15,16,18). The molecule has 0 saturated heterocycles. The van der Waals surface area contributed by atoms with Crippen molar-refractivity contribution in [2.75, 3.05) is 5.32 Å². The van der Waals surface area contributed by atoms with Gasteiger partial charge < -0.3 is 9.84 Å². The lowest BCUT2D eigenvalue weighted by atomic mass is 10.2. The zero-order chi connectivity index (χ0) is 13.4. The van der Waals surface area contributed by atoms with Crippen LogP contribution in [0.4, 0.5) is 5.69 Å². The van der Waals surface area contributed by atoms with E-state index in [1.54, 1.807) is 6.07 Å². The number of hydrogen-bond acceptors (Lipinski definition) is 4. The number of carbonyl (C=O) groups excluding carboxylic acids is 1. The molecule has 2 heterocycles. The molecule has 19 heavy (non-hydrogen) atoms. The summed E-state index contributed by atoms with van der Waals surface area (Å²) in [7, 11) is 0. The maximum absolute atomic E-state index is 12.0. The Balaban J connectivity index is 1.80. The number of amides is 1. The third kappa shape index (κ3) is 2.57. The second-order valence-corrected chi connectivity index (χ2v) is 5.14. The minimum absolute atomic E-state index is 0.144. The molecular weight excluding hydrogens is 289 g/mol. The Bertz CT molecular complexity index is 617. The summed E-state index contributed by atoms with van der Waals surface area (Å²) in [4.78, 5) is 15.8. The van der Waals surface area contributed by atoms with Gasteiger partial charge in [-0.25, -0.2) is 0 Å². The van der Waals surface area contributed by atoms with E-state index in [9.17, 15) is 4.79 Å². The molecule has 1 saturated carbocycles. The van der Waals surface area contributed by atoms with Crippen LogP contribution in [0.15, 0.2) is 23.0 Å². The second kappa shape index (κ2) is 4.83. The van der Waals surface area contributed by atoms with E-state index in [0.29, 0.717) is 11.6 Å². The van der Waals surface area contributed by atoms with Crippen molar-refractivity contribution in [3.63, 3.8) is 0 Å². The van der Waals surface area contributed by atoms with E-state index in [2.05, 4.69) is 15.5 Å². The number of pyridine rings is 1. The van der Waals surface area contributed by atoms with Crippen molar-refractivity contribution in [2.45, 2.75) is 18.8 Å². The van der Waals surface area contributed by atoms with Crippen LogP contribution in [-0.2, 0) is 0 Å². The molecule has 98 valence electrons. The smallest absolute Gasteiger partial charge is 0.294 e. The summed E-state index contributed by atoms with van der Waals surface area (Å²) in [5.74, 6) is 0.138. The van der Waals surface area contributed by atoms with Gasteiger partial charge in [-0.05, 0) is 12.8 Å². The SMILES string of the molecule is O=C(Nc1c(Cl)cncc1Cl)c1cc(C2CC2)no1. The maximum Gasteiger partial charge on any atom is 0.294 e. The van der Waals surface area contributed by atoms with Crippen LogP contribution in [0.2, 0.25) is 10.0 Å². The first kappa shape index (κ1) is 12.4. The van der Waals surface area contributed by atoms with Crippen LogP contribution in [0, 0.1) is 0 Å². The fourth-order valence-electron chi connectivity index (χ4n) is 1.67. The van der Waals surface area contributed by atoms with Crippen molar-refractivity contribution >= 4 is 34.8 Å². The largest absolute Gasteiger partial charge is 0.351 e. The summed E-state index contributed by atoms with van der Waals surface area (Å²) in [6.45, 7) is 0. The van der Waals surface area contributed by atoms with Crippen LogP contribution >= 0.6 is 23.2 Å². The molecule has 2 aromatic heterocycles. The lowest BCUT2D eigenvalue weighted by molar-refractivity contribution is 0.0988. The van der Waals surface area contributed by atoms with E-state index in [1.165, 1.54) is 12.4 Å². The Morgan fingerprint density at radius 1 is 1.32 bits per heavy atom. The molecule has 3 rings (SSSR count). The van der Waals surface area contributed by atoms with Crippen molar-refractivity contribution in [2.24, 2.45) is 0 Å². The van der Waals surface area contributed by atoms with Gasteiger partial charge in [0.25, 0.3) is 5.91 Å². The average Bonchev–Trinajstić information content (AvgIpc) is 3.12. The lowest BCUT2D eigenvalue weighted by Gasteiger charge is -2.06. The Hall–Kier alpha value is -1.59. The van der Waals surface area contributed by atoms with Gasteiger partial charge in [0.1, 0.15) is 0 Å². The van der Waals surface area contributed by atoms with E-state index < -0.39 is 5.91 Å². The van der Waals surface area contributed by atoms with Crippen molar-refractivity contribution < 1.29 is 9.32 Å². The maximum atomic E-state index is 12.0. The van der Waals surface area contributed by atoms with Crippen molar-refractivity contribution in [3.8, 4) is 0 Å². The number of rotatable bonds is 3. The summed E-state index contributed by atoms with van der Waals surface area (Å²) in [6, 6.07) is 1.65. The molecular formula is C12H9Cl2N3O2. The number of nitrogens with zero attached hydrogens (tertiary/aromatic N) is 2. The van der Waals surface area contributed by atoms with Crippen LogP contribution in [0.25, 0.3) is 0 Å². The molecule has 0 aromatic carbocycles. The van der Waals surface area contributed by atoms with Gasteiger partial charge in [0.05, 0.1) is 21.4 Å². The normalized spacial score (nSPS) is 14.4. The first-order valence-electron chi connectivity index (χ1n) is 5.72. The van der Waals surface area contributed by atoms with Crippen LogP contribution in [-0.4, -0.2) is 16.0 Å². The average molecular weight is 298 g/mol. The van der Waals surface area contributed by atoms with Crippen molar-refractivity contribution in [1.29, 1.82) is 0 Å². The van der Waals surface area contributed by atoms with E-state index >= 15 is 0 Å². The molecule has 0 bridgehead atoms. The molecule has 2 aromatic rings. The van der Waals surface area contributed by atoms with Gasteiger partial charge in [-0.2, -0.15) is 0 Å². The quantitative estimate of drug-likeness (QED) is 0.941. The molecule has 1 aliphatic rings. The summed E-state index contributed by atoms with van der Waals surface area (Å²) < 4.78 is 5.02. The second-order valence-electron chi connectivity index (χ2n) is 4.32.